The van der Waals surface area contributed by atoms with E-state index in [0.717, 1.165) is 18.4 Å². The van der Waals surface area contributed by atoms with Crippen LogP contribution >= 0.6 is 0 Å². The molecule has 5 nitrogen and oxygen atoms in total. The fourth-order valence-electron chi connectivity index (χ4n) is 3.37. The Hall–Kier alpha value is -2.17. The van der Waals surface area contributed by atoms with Crippen LogP contribution in [0.3, 0.4) is 0 Å². The molecule has 23 heavy (non-hydrogen) atoms. The minimum Gasteiger partial charge on any atom is -0.468 e. The van der Waals surface area contributed by atoms with E-state index in [0.29, 0.717) is 12.1 Å². The molecule has 5 heteroatoms. The Balaban J connectivity index is 2.25. The summed E-state index contributed by atoms with van der Waals surface area (Å²) in [6, 6.07) is 7.33. The molecule has 0 saturated heterocycles. The first kappa shape index (κ1) is 17.2. The van der Waals surface area contributed by atoms with Crippen molar-refractivity contribution < 1.29 is 19.1 Å². The SMILES string of the molecule is CCCC1CC(c2ccc(NC(C)=O)cc2)C(C(=O)OC)C1=O. The molecule has 1 amide bonds. The summed E-state index contributed by atoms with van der Waals surface area (Å²) in [6.07, 6.45) is 2.39. The molecule has 0 bridgehead atoms. The van der Waals surface area contributed by atoms with Crippen LogP contribution in [0.1, 0.15) is 44.6 Å². The summed E-state index contributed by atoms with van der Waals surface area (Å²) in [4.78, 5) is 35.7. The third kappa shape index (κ3) is 3.78. The molecule has 0 spiro atoms. The van der Waals surface area contributed by atoms with E-state index in [2.05, 4.69) is 5.32 Å². The van der Waals surface area contributed by atoms with Crippen molar-refractivity contribution in [2.24, 2.45) is 11.8 Å². The van der Waals surface area contributed by atoms with Gasteiger partial charge < -0.3 is 10.1 Å². The molecule has 1 saturated carbocycles. The number of rotatable bonds is 5. The van der Waals surface area contributed by atoms with Crippen LogP contribution in [0.25, 0.3) is 0 Å². The summed E-state index contributed by atoms with van der Waals surface area (Å²) in [5.41, 5.74) is 1.63. The van der Waals surface area contributed by atoms with Gasteiger partial charge in [0.2, 0.25) is 5.91 Å². The Morgan fingerprint density at radius 3 is 2.43 bits per heavy atom. The van der Waals surface area contributed by atoms with E-state index in [9.17, 15) is 14.4 Å². The lowest BCUT2D eigenvalue weighted by molar-refractivity contribution is -0.149. The molecule has 1 N–H and O–H groups in total. The lowest BCUT2D eigenvalue weighted by Crippen LogP contribution is -2.26. The molecule has 3 atom stereocenters. The van der Waals surface area contributed by atoms with Crippen molar-refractivity contribution in [2.75, 3.05) is 12.4 Å². The molecule has 0 aliphatic heterocycles. The van der Waals surface area contributed by atoms with Gasteiger partial charge in [-0.05, 0) is 30.5 Å². The number of ketones is 1. The molecule has 124 valence electrons. The number of hydrogen-bond acceptors (Lipinski definition) is 4. The number of hydrogen-bond donors (Lipinski definition) is 1. The largest absolute Gasteiger partial charge is 0.468 e. The fourth-order valence-corrected chi connectivity index (χ4v) is 3.37. The lowest BCUT2D eigenvalue weighted by Gasteiger charge is -2.17. The van der Waals surface area contributed by atoms with Gasteiger partial charge in [0.15, 0.2) is 5.78 Å². The second-order valence-corrected chi connectivity index (χ2v) is 6.03. The van der Waals surface area contributed by atoms with Gasteiger partial charge in [-0.1, -0.05) is 25.5 Å². The molecule has 1 aromatic carbocycles. The summed E-state index contributed by atoms with van der Waals surface area (Å²) in [6.45, 7) is 3.49. The standard InChI is InChI=1S/C18H23NO4/c1-4-5-13-10-15(16(17(13)21)18(22)23-3)12-6-8-14(9-7-12)19-11(2)20/h6-9,13,15-16H,4-5,10H2,1-3H3,(H,19,20). The normalized spacial score (nSPS) is 23.6. The predicted octanol–water partition coefficient (Wildman–Crippen LogP) is 2.91. The Morgan fingerprint density at radius 2 is 1.91 bits per heavy atom. The van der Waals surface area contributed by atoms with E-state index in [4.69, 9.17) is 4.74 Å². The van der Waals surface area contributed by atoms with Crippen molar-refractivity contribution in [3.63, 3.8) is 0 Å². The number of carbonyl (C=O) groups excluding carboxylic acids is 3. The maximum Gasteiger partial charge on any atom is 0.316 e. The molecular weight excluding hydrogens is 294 g/mol. The maximum absolute atomic E-state index is 12.5. The van der Waals surface area contributed by atoms with Crippen molar-refractivity contribution in [1.82, 2.24) is 0 Å². The van der Waals surface area contributed by atoms with Gasteiger partial charge in [-0.2, -0.15) is 0 Å². The topological polar surface area (TPSA) is 72.5 Å². The molecule has 1 fully saturated rings. The van der Waals surface area contributed by atoms with Gasteiger partial charge >= 0.3 is 5.97 Å². The number of ether oxygens (including phenoxy) is 1. The third-order valence-corrected chi connectivity index (χ3v) is 4.40. The molecule has 0 heterocycles. The number of carbonyl (C=O) groups is 3. The Morgan fingerprint density at radius 1 is 1.26 bits per heavy atom. The highest BCUT2D eigenvalue weighted by molar-refractivity contribution is 6.03. The summed E-state index contributed by atoms with van der Waals surface area (Å²) < 4.78 is 4.84. The highest BCUT2D eigenvalue weighted by atomic mass is 16.5. The van der Waals surface area contributed by atoms with E-state index in [1.807, 2.05) is 19.1 Å². The van der Waals surface area contributed by atoms with E-state index in [1.54, 1.807) is 12.1 Å². The molecule has 0 radical (unpaired) electrons. The predicted molar refractivity (Wildman–Crippen MR) is 87.0 cm³/mol. The number of nitrogens with one attached hydrogen (secondary N) is 1. The van der Waals surface area contributed by atoms with Gasteiger partial charge in [0, 0.05) is 24.4 Å². The first-order valence-corrected chi connectivity index (χ1v) is 7.97. The first-order valence-electron chi connectivity index (χ1n) is 7.97. The van der Waals surface area contributed by atoms with E-state index >= 15 is 0 Å². The van der Waals surface area contributed by atoms with E-state index < -0.39 is 11.9 Å². The summed E-state index contributed by atoms with van der Waals surface area (Å²) >= 11 is 0. The minimum atomic E-state index is -0.719. The van der Waals surface area contributed by atoms with Gasteiger partial charge in [0.05, 0.1) is 7.11 Å². The zero-order valence-corrected chi connectivity index (χ0v) is 13.8. The highest BCUT2D eigenvalue weighted by Crippen LogP contribution is 2.43. The zero-order chi connectivity index (χ0) is 17.0. The Bertz CT molecular complexity index is 594. The quantitative estimate of drug-likeness (QED) is 0.669. The summed E-state index contributed by atoms with van der Waals surface area (Å²) in [5.74, 6) is -1.55. The number of esters is 1. The molecule has 3 unspecified atom stereocenters. The van der Waals surface area contributed by atoms with Crippen LogP contribution in [0.2, 0.25) is 0 Å². The second-order valence-electron chi connectivity index (χ2n) is 6.03. The lowest BCUT2D eigenvalue weighted by atomic mass is 9.88. The van der Waals surface area contributed by atoms with Crippen LogP contribution in [0, 0.1) is 11.8 Å². The number of benzene rings is 1. The Kier molecular flexibility index (Phi) is 5.53. The first-order chi connectivity index (χ1) is 11.0. The second kappa shape index (κ2) is 7.40. The van der Waals surface area contributed by atoms with Crippen LogP contribution in [-0.2, 0) is 19.1 Å². The van der Waals surface area contributed by atoms with Gasteiger partial charge in [-0.25, -0.2) is 0 Å². The van der Waals surface area contributed by atoms with Crippen LogP contribution in [0.5, 0.6) is 0 Å². The van der Waals surface area contributed by atoms with E-state index in [1.165, 1.54) is 14.0 Å². The van der Waals surface area contributed by atoms with Crippen LogP contribution in [0.15, 0.2) is 24.3 Å². The smallest absolute Gasteiger partial charge is 0.316 e. The summed E-state index contributed by atoms with van der Waals surface area (Å²) in [7, 11) is 1.32. The molecule has 1 aliphatic rings. The summed E-state index contributed by atoms with van der Waals surface area (Å²) in [5, 5.41) is 2.71. The fraction of sp³-hybridized carbons (Fsp3) is 0.500. The minimum absolute atomic E-state index is 0.00497. The zero-order valence-electron chi connectivity index (χ0n) is 13.8. The van der Waals surface area contributed by atoms with Crippen LogP contribution in [0.4, 0.5) is 5.69 Å². The van der Waals surface area contributed by atoms with Crippen LogP contribution < -0.4 is 5.32 Å². The van der Waals surface area contributed by atoms with Crippen LogP contribution in [-0.4, -0.2) is 24.8 Å². The van der Waals surface area contributed by atoms with Crippen molar-refractivity contribution in [3.05, 3.63) is 29.8 Å². The maximum atomic E-state index is 12.5. The Labute approximate surface area is 136 Å². The third-order valence-electron chi connectivity index (χ3n) is 4.40. The molecule has 2 rings (SSSR count). The van der Waals surface area contributed by atoms with Gasteiger partial charge in [0.1, 0.15) is 5.92 Å². The highest BCUT2D eigenvalue weighted by Gasteiger charge is 2.46. The number of anilines is 1. The molecular formula is C18H23NO4. The van der Waals surface area contributed by atoms with Crippen molar-refractivity contribution >= 4 is 23.3 Å². The van der Waals surface area contributed by atoms with Crippen molar-refractivity contribution in [1.29, 1.82) is 0 Å². The molecule has 1 aliphatic carbocycles. The number of amides is 1. The number of Topliss-reactive ketones (excluding diaryl/α,β-unsaturated/α-hetero) is 1. The average Bonchev–Trinajstić information content (AvgIpc) is 2.84. The van der Waals surface area contributed by atoms with Crippen molar-refractivity contribution in [2.45, 2.75) is 39.0 Å². The van der Waals surface area contributed by atoms with E-state index in [-0.39, 0.29) is 23.5 Å². The van der Waals surface area contributed by atoms with Gasteiger partial charge in [0.25, 0.3) is 0 Å². The molecule has 1 aromatic rings. The average molecular weight is 317 g/mol. The van der Waals surface area contributed by atoms with Gasteiger partial charge in [-0.15, -0.1) is 0 Å². The monoisotopic (exact) mass is 317 g/mol. The molecule has 0 aromatic heterocycles. The number of methoxy groups -OCH3 is 1. The van der Waals surface area contributed by atoms with Gasteiger partial charge in [-0.3, -0.25) is 14.4 Å². The van der Waals surface area contributed by atoms with Crippen molar-refractivity contribution in [3.8, 4) is 0 Å².